The van der Waals surface area contributed by atoms with Crippen LogP contribution >= 0.6 is 0 Å². The molecule has 356 valence electrons. The maximum absolute atomic E-state index is 13.6. The van der Waals surface area contributed by atoms with E-state index in [9.17, 15) is 24.0 Å². The van der Waals surface area contributed by atoms with Gasteiger partial charge in [-0.3, -0.25) is 39.1 Å². The van der Waals surface area contributed by atoms with Gasteiger partial charge in [0.25, 0.3) is 11.8 Å². The number of carbonyl (C=O) groups is 5. The zero-order chi connectivity index (χ0) is 47.0. The highest BCUT2D eigenvalue weighted by Gasteiger charge is 2.45. The second kappa shape index (κ2) is 21.4. The first-order valence-corrected chi connectivity index (χ1v) is 23.5. The molecule has 4 aliphatic heterocycles. The molecule has 3 saturated heterocycles. The molecular formula is C49H57N11O8. The molecule has 2 atom stereocenters. The van der Waals surface area contributed by atoms with Gasteiger partial charge in [-0.1, -0.05) is 24.3 Å². The number of hydrogen-bond donors (Lipinski definition) is 3. The highest BCUT2D eigenvalue weighted by molar-refractivity contribution is 6.25. The van der Waals surface area contributed by atoms with Gasteiger partial charge in [-0.2, -0.15) is 5.10 Å². The number of hydrogen-bond acceptors (Lipinski definition) is 15. The van der Waals surface area contributed by atoms with Crippen LogP contribution in [0.3, 0.4) is 0 Å². The molecule has 0 aliphatic carbocycles. The Labute approximate surface area is 393 Å². The summed E-state index contributed by atoms with van der Waals surface area (Å²) >= 11 is 0. The van der Waals surface area contributed by atoms with E-state index >= 15 is 0 Å². The quantitative estimate of drug-likeness (QED) is 0.0788. The summed E-state index contributed by atoms with van der Waals surface area (Å²) in [5, 5.41) is 11.2. The van der Waals surface area contributed by atoms with Crippen LogP contribution in [0.1, 0.15) is 65.3 Å². The van der Waals surface area contributed by atoms with Gasteiger partial charge in [-0.05, 0) is 80.8 Å². The molecule has 0 bridgehead atoms. The molecule has 4 N–H and O–H groups in total. The van der Waals surface area contributed by atoms with E-state index in [2.05, 4.69) is 30.4 Å². The summed E-state index contributed by atoms with van der Waals surface area (Å²) in [5.41, 5.74) is 9.60. The lowest BCUT2D eigenvalue weighted by molar-refractivity contribution is -0.136. The van der Waals surface area contributed by atoms with Crippen molar-refractivity contribution >= 4 is 52.1 Å². The number of para-hydroxylation sites is 1. The third-order valence-electron chi connectivity index (χ3n) is 13.0. The Morgan fingerprint density at radius 3 is 2.32 bits per heavy atom. The number of rotatable bonds is 19. The van der Waals surface area contributed by atoms with Gasteiger partial charge < -0.3 is 35.1 Å². The van der Waals surface area contributed by atoms with Crippen molar-refractivity contribution in [3.63, 3.8) is 0 Å². The number of benzene rings is 3. The van der Waals surface area contributed by atoms with E-state index < -0.39 is 29.7 Å². The molecule has 3 aromatic carbocycles. The van der Waals surface area contributed by atoms with Crippen molar-refractivity contribution < 1.29 is 38.2 Å². The van der Waals surface area contributed by atoms with Crippen molar-refractivity contribution in [2.45, 2.75) is 50.6 Å². The molecule has 68 heavy (non-hydrogen) atoms. The molecule has 9 rings (SSSR count). The van der Waals surface area contributed by atoms with E-state index in [1.165, 1.54) is 6.33 Å². The summed E-state index contributed by atoms with van der Waals surface area (Å²) in [4.78, 5) is 80.6. The summed E-state index contributed by atoms with van der Waals surface area (Å²) in [6.07, 6.45) is 4.68. The van der Waals surface area contributed by atoms with Crippen LogP contribution in [0.15, 0.2) is 79.1 Å². The van der Waals surface area contributed by atoms with Crippen LogP contribution in [0.25, 0.3) is 22.3 Å². The molecule has 2 aromatic heterocycles. The second-order valence-electron chi connectivity index (χ2n) is 17.4. The Kier molecular flexibility index (Phi) is 14.6. The van der Waals surface area contributed by atoms with Crippen molar-refractivity contribution in [1.82, 2.24) is 44.7 Å². The monoisotopic (exact) mass is 927 g/mol. The number of likely N-dealkylation sites (tertiary alicyclic amines) is 1. The third-order valence-corrected chi connectivity index (χ3v) is 13.0. The summed E-state index contributed by atoms with van der Waals surface area (Å²) in [5.74, 6) is -0.149. The number of carbonyl (C=O) groups excluding carboxylic acids is 5. The Morgan fingerprint density at radius 2 is 1.54 bits per heavy atom. The van der Waals surface area contributed by atoms with Crippen molar-refractivity contribution in [3.05, 3.63) is 90.3 Å². The average molecular weight is 928 g/mol. The molecule has 0 saturated carbocycles. The normalized spacial score (nSPS) is 19.1. The number of aromatic nitrogens is 4. The lowest BCUT2D eigenvalue weighted by Crippen LogP contribution is -2.54. The molecule has 5 aromatic rings. The first-order valence-electron chi connectivity index (χ1n) is 23.5. The molecule has 4 aliphatic rings. The minimum absolute atomic E-state index is 0.0414. The van der Waals surface area contributed by atoms with E-state index in [0.717, 1.165) is 81.3 Å². The number of imide groups is 2. The highest BCUT2D eigenvalue weighted by atomic mass is 16.5. The number of ether oxygens (including phenoxy) is 3. The molecule has 5 amide bonds. The fraction of sp³-hybridized carbons (Fsp3) is 0.429. The number of fused-ring (bicyclic) bond motifs is 2. The summed E-state index contributed by atoms with van der Waals surface area (Å²) in [7, 11) is 0. The Morgan fingerprint density at radius 1 is 0.794 bits per heavy atom. The zero-order valence-corrected chi connectivity index (χ0v) is 38.0. The number of nitrogens with zero attached hydrogens (tertiary/aromatic N) is 8. The van der Waals surface area contributed by atoms with Crippen LogP contribution < -0.4 is 21.1 Å². The van der Waals surface area contributed by atoms with Crippen LogP contribution in [0, 0.1) is 0 Å². The van der Waals surface area contributed by atoms with Crippen LogP contribution in [-0.4, -0.2) is 160 Å². The number of nitrogen functional groups attached to an aromatic ring is 1. The fourth-order valence-corrected chi connectivity index (χ4v) is 9.42. The van der Waals surface area contributed by atoms with Gasteiger partial charge in [-0.15, -0.1) is 0 Å². The van der Waals surface area contributed by atoms with Crippen LogP contribution in [0.5, 0.6) is 11.5 Å². The smallest absolute Gasteiger partial charge is 0.264 e. The number of piperidine rings is 2. The lowest BCUT2D eigenvalue weighted by Gasteiger charge is -2.35. The van der Waals surface area contributed by atoms with Gasteiger partial charge >= 0.3 is 0 Å². The Balaban J connectivity index is 0.649. The van der Waals surface area contributed by atoms with Crippen molar-refractivity contribution in [2.75, 3.05) is 96.4 Å². The molecule has 19 nitrogen and oxygen atoms in total. The predicted octanol–water partition coefficient (Wildman–Crippen LogP) is 3.98. The van der Waals surface area contributed by atoms with Gasteiger partial charge in [-0.25, -0.2) is 14.6 Å². The number of amides is 5. The number of anilines is 2. The van der Waals surface area contributed by atoms with Crippen LogP contribution in [-0.2, 0) is 23.9 Å². The van der Waals surface area contributed by atoms with Crippen LogP contribution in [0.2, 0.25) is 0 Å². The lowest BCUT2D eigenvalue weighted by atomic mass is 10.0. The SMILES string of the molecule is Nc1ncnc2c1c(-c1ccc(Oc3ccccc3)cc1)nn2[C@@H]1CCCN(C(=O)CCCN2CCN(CCOCCOCCNc3cccc4c3C(=O)N(C3CCC(=O)NC3=O)C4=O)CC2)C1. The third kappa shape index (κ3) is 10.5. The molecule has 1 unspecified atom stereocenters. The van der Waals surface area contributed by atoms with E-state index in [0.29, 0.717) is 79.9 Å². The van der Waals surface area contributed by atoms with Gasteiger partial charge in [0.1, 0.15) is 35.4 Å². The average Bonchev–Trinajstić information content (AvgIpc) is 3.87. The zero-order valence-electron chi connectivity index (χ0n) is 38.0. The maximum Gasteiger partial charge on any atom is 0.264 e. The van der Waals surface area contributed by atoms with Gasteiger partial charge in [0.05, 0.1) is 49.0 Å². The minimum atomic E-state index is -1.01. The summed E-state index contributed by atoms with van der Waals surface area (Å²) in [6.45, 7) is 8.96. The minimum Gasteiger partial charge on any atom is -0.457 e. The first-order chi connectivity index (χ1) is 33.2. The highest BCUT2D eigenvalue weighted by Crippen LogP contribution is 2.36. The van der Waals surface area contributed by atoms with Gasteiger partial charge in [0, 0.05) is 76.5 Å². The Bertz CT molecular complexity index is 2620. The van der Waals surface area contributed by atoms with E-state index in [-0.39, 0.29) is 35.9 Å². The van der Waals surface area contributed by atoms with E-state index in [1.807, 2.05) is 64.2 Å². The standard InChI is InChI=1S/C49H57N11O8/c50-45-43-44(33-13-15-36(16-14-33)68-35-8-2-1-3-9-35)55-60(46(43)53-32-52-45)34-7-5-21-58(31-34)41(62)12-6-20-56-22-24-57(25-23-56)26-28-67-30-29-66-27-19-51-38-11-4-10-37-42(38)49(65)59(48(37)64)39-17-18-40(61)54-47(39)63/h1-4,8-11,13-16,32,34,39,51H,5-7,12,17-31H2,(H2,50,52,53)(H,54,61,63)/t34-,39?/m1/s1. The van der Waals surface area contributed by atoms with Crippen molar-refractivity contribution in [1.29, 1.82) is 0 Å². The summed E-state index contributed by atoms with van der Waals surface area (Å²) in [6, 6.07) is 21.3. The number of piperazine rings is 1. The van der Waals surface area contributed by atoms with Crippen LogP contribution in [0.4, 0.5) is 11.5 Å². The molecule has 0 spiro atoms. The van der Waals surface area contributed by atoms with E-state index in [4.69, 9.17) is 25.0 Å². The molecule has 19 heteroatoms. The largest absolute Gasteiger partial charge is 0.457 e. The first kappa shape index (κ1) is 46.3. The molecule has 6 heterocycles. The van der Waals surface area contributed by atoms with Crippen molar-refractivity contribution in [3.8, 4) is 22.8 Å². The molecular weight excluding hydrogens is 871 g/mol. The van der Waals surface area contributed by atoms with Gasteiger partial charge in [0.2, 0.25) is 17.7 Å². The molecule has 0 radical (unpaired) electrons. The maximum atomic E-state index is 13.6. The summed E-state index contributed by atoms with van der Waals surface area (Å²) < 4.78 is 19.5. The second-order valence-corrected chi connectivity index (χ2v) is 17.4. The van der Waals surface area contributed by atoms with E-state index in [1.54, 1.807) is 18.2 Å². The topological polar surface area (TPSA) is 220 Å². The fourth-order valence-electron chi connectivity index (χ4n) is 9.42. The molecule has 3 fully saturated rings. The van der Waals surface area contributed by atoms with Crippen molar-refractivity contribution in [2.24, 2.45) is 0 Å². The number of nitrogens with two attached hydrogens (primary N) is 1. The number of nitrogens with one attached hydrogen (secondary N) is 2. The van der Waals surface area contributed by atoms with Gasteiger partial charge in [0.15, 0.2) is 5.65 Å². The predicted molar refractivity (Wildman–Crippen MR) is 252 cm³/mol. The Hall–Kier alpha value is -6.80.